The van der Waals surface area contributed by atoms with E-state index in [0.717, 1.165) is 0 Å². The first kappa shape index (κ1) is 19.0. The van der Waals surface area contributed by atoms with Crippen LogP contribution >= 0.6 is 0 Å². The first-order chi connectivity index (χ1) is 12.9. The third-order valence-electron chi connectivity index (χ3n) is 4.17. The number of esters is 1. The van der Waals surface area contributed by atoms with Gasteiger partial charge in [-0.2, -0.15) is 4.31 Å². The van der Waals surface area contributed by atoms with Crippen molar-refractivity contribution in [2.75, 3.05) is 26.2 Å². The molecule has 2 heterocycles. The fourth-order valence-electron chi connectivity index (χ4n) is 2.84. The lowest BCUT2D eigenvalue weighted by Crippen LogP contribution is -2.50. The highest BCUT2D eigenvalue weighted by atomic mass is 32.2. The number of carbonyl (C=O) groups excluding carboxylic acids is 2. The second-order valence-corrected chi connectivity index (χ2v) is 7.91. The molecule has 0 atom stereocenters. The van der Waals surface area contributed by atoms with E-state index < -0.39 is 16.0 Å². The van der Waals surface area contributed by atoms with Crippen molar-refractivity contribution in [2.45, 2.75) is 11.8 Å². The third-order valence-corrected chi connectivity index (χ3v) is 6.05. The SMILES string of the molecule is CC(=O)Oc1ccccc1C(=O)N1CCN(S(=O)(=O)c2cccnc2)CC1. The summed E-state index contributed by atoms with van der Waals surface area (Å²) in [5, 5.41) is 0. The summed E-state index contributed by atoms with van der Waals surface area (Å²) in [4.78, 5) is 29.5. The zero-order valence-electron chi connectivity index (χ0n) is 14.7. The van der Waals surface area contributed by atoms with Crippen LogP contribution in [0.2, 0.25) is 0 Å². The number of nitrogens with zero attached hydrogens (tertiary/aromatic N) is 3. The molecule has 1 saturated heterocycles. The Hall–Kier alpha value is -2.78. The smallest absolute Gasteiger partial charge is 0.308 e. The molecule has 0 bridgehead atoms. The number of rotatable bonds is 4. The van der Waals surface area contributed by atoms with Crippen molar-refractivity contribution in [3.05, 3.63) is 54.4 Å². The Balaban J connectivity index is 1.71. The highest BCUT2D eigenvalue weighted by Crippen LogP contribution is 2.22. The minimum Gasteiger partial charge on any atom is -0.426 e. The van der Waals surface area contributed by atoms with Crippen LogP contribution in [-0.2, 0) is 14.8 Å². The summed E-state index contributed by atoms with van der Waals surface area (Å²) in [5.41, 5.74) is 0.274. The highest BCUT2D eigenvalue weighted by molar-refractivity contribution is 7.89. The molecule has 0 saturated carbocycles. The normalized spacial score (nSPS) is 15.4. The van der Waals surface area contributed by atoms with Crippen molar-refractivity contribution in [3.8, 4) is 5.75 Å². The number of sulfonamides is 1. The Labute approximate surface area is 157 Å². The van der Waals surface area contributed by atoms with Crippen LogP contribution in [0.4, 0.5) is 0 Å². The average Bonchev–Trinajstić information content (AvgIpc) is 2.68. The van der Waals surface area contributed by atoms with Crippen LogP contribution < -0.4 is 4.74 Å². The summed E-state index contributed by atoms with van der Waals surface area (Å²) < 4.78 is 31.7. The number of hydrogen-bond acceptors (Lipinski definition) is 6. The summed E-state index contributed by atoms with van der Waals surface area (Å²) in [6.45, 7) is 2.11. The molecule has 0 N–H and O–H groups in total. The zero-order valence-corrected chi connectivity index (χ0v) is 15.6. The Morgan fingerprint density at radius 2 is 1.74 bits per heavy atom. The van der Waals surface area contributed by atoms with Crippen LogP contribution in [0.25, 0.3) is 0 Å². The summed E-state index contributed by atoms with van der Waals surface area (Å²) >= 11 is 0. The predicted molar refractivity (Wildman–Crippen MR) is 96.7 cm³/mol. The van der Waals surface area contributed by atoms with E-state index in [1.165, 1.54) is 29.7 Å². The number of amides is 1. The topological polar surface area (TPSA) is 96.9 Å². The van der Waals surface area contributed by atoms with E-state index in [0.29, 0.717) is 0 Å². The Morgan fingerprint density at radius 3 is 2.37 bits per heavy atom. The predicted octanol–water partition coefficient (Wildman–Crippen LogP) is 1.15. The molecule has 3 rings (SSSR count). The molecular weight excluding hydrogens is 370 g/mol. The van der Waals surface area contributed by atoms with E-state index in [9.17, 15) is 18.0 Å². The van der Waals surface area contributed by atoms with Gasteiger partial charge in [-0.1, -0.05) is 12.1 Å². The number of para-hydroxylation sites is 1. The monoisotopic (exact) mass is 389 g/mol. The highest BCUT2D eigenvalue weighted by Gasteiger charge is 2.31. The number of piperazine rings is 1. The van der Waals surface area contributed by atoms with Crippen LogP contribution in [0.3, 0.4) is 0 Å². The van der Waals surface area contributed by atoms with Gasteiger partial charge in [0, 0.05) is 45.5 Å². The molecule has 0 unspecified atom stereocenters. The van der Waals surface area contributed by atoms with Crippen LogP contribution in [0.1, 0.15) is 17.3 Å². The summed E-state index contributed by atoms with van der Waals surface area (Å²) in [6.07, 6.45) is 2.82. The number of carbonyl (C=O) groups is 2. The fourth-order valence-corrected chi connectivity index (χ4v) is 4.22. The molecule has 0 aliphatic carbocycles. The summed E-state index contributed by atoms with van der Waals surface area (Å²) in [6, 6.07) is 9.56. The standard InChI is InChI=1S/C18H19N3O5S/c1-14(22)26-17-7-3-2-6-16(17)18(23)20-9-11-21(12-10-20)27(24,25)15-5-4-8-19-13-15/h2-8,13H,9-12H2,1H3. The van der Waals surface area contributed by atoms with Crippen LogP contribution in [0, 0.1) is 0 Å². The van der Waals surface area contributed by atoms with Gasteiger partial charge < -0.3 is 9.64 Å². The van der Waals surface area contributed by atoms with E-state index in [-0.39, 0.29) is 48.3 Å². The van der Waals surface area contributed by atoms with Gasteiger partial charge in [-0.3, -0.25) is 14.6 Å². The van der Waals surface area contributed by atoms with E-state index in [4.69, 9.17) is 4.74 Å². The summed E-state index contributed by atoms with van der Waals surface area (Å²) in [5.74, 6) is -0.617. The molecular formula is C18H19N3O5S. The molecule has 142 valence electrons. The zero-order chi connectivity index (χ0) is 19.4. The molecule has 8 nitrogen and oxygen atoms in total. The van der Waals surface area contributed by atoms with Gasteiger partial charge in [0.25, 0.3) is 5.91 Å². The number of pyridine rings is 1. The molecule has 9 heteroatoms. The van der Waals surface area contributed by atoms with Crippen molar-refractivity contribution < 1.29 is 22.7 Å². The van der Waals surface area contributed by atoms with E-state index in [2.05, 4.69) is 4.98 Å². The van der Waals surface area contributed by atoms with Crippen molar-refractivity contribution in [2.24, 2.45) is 0 Å². The maximum Gasteiger partial charge on any atom is 0.308 e. The van der Waals surface area contributed by atoms with E-state index in [1.54, 1.807) is 35.2 Å². The van der Waals surface area contributed by atoms with Crippen molar-refractivity contribution in [1.82, 2.24) is 14.2 Å². The lowest BCUT2D eigenvalue weighted by Gasteiger charge is -2.34. The van der Waals surface area contributed by atoms with Gasteiger partial charge in [0.1, 0.15) is 10.6 Å². The van der Waals surface area contributed by atoms with Gasteiger partial charge in [-0.15, -0.1) is 0 Å². The first-order valence-electron chi connectivity index (χ1n) is 8.36. The molecule has 1 aliphatic rings. The van der Waals surface area contributed by atoms with Gasteiger partial charge >= 0.3 is 5.97 Å². The maximum absolute atomic E-state index is 12.8. The van der Waals surface area contributed by atoms with Crippen LogP contribution in [0.15, 0.2) is 53.7 Å². The van der Waals surface area contributed by atoms with E-state index >= 15 is 0 Å². The molecule has 0 radical (unpaired) electrons. The molecule has 0 spiro atoms. The molecule has 2 aromatic rings. The molecule has 1 aromatic heterocycles. The van der Waals surface area contributed by atoms with Gasteiger partial charge in [-0.05, 0) is 24.3 Å². The lowest BCUT2D eigenvalue weighted by molar-refractivity contribution is -0.131. The van der Waals surface area contributed by atoms with Gasteiger partial charge in [0.2, 0.25) is 10.0 Å². The lowest BCUT2D eigenvalue weighted by atomic mass is 10.1. The average molecular weight is 389 g/mol. The van der Waals surface area contributed by atoms with Gasteiger partial charge in [0.15, 0.2) is 0 Å². The molecule has 1 amide bonds. The van der Waals surface area contributed by atoms with Crippen LogP contribution in [0.5, 0.6) is 5.75 Å². The minimum atomic E-state index is -3.64. The third kappa shape index (κ3) is 4.15. The number of benzene rings is 1. The Morgan fingerprint density at radius 1 is 1.04 bits per heavy atom. The van der Waals surface area contributed by atoms with E-state index in [1.807, 2.05) is 0 Å². The second-order valence-electron chi connectivity index (χ2n) is 5.97. The number of aromatic nitrogens is 1. The van der Waals surface area contributed by atoms with Crippen molar-refractivity contribution in [1.29, 1.82) is 0 Å². The first-order valence-corrected chi connectivity index (χ1v) is 9.80. The molecule has 1 aromatic carbocycles. The number of ether oxygens (including phenoxy) is 1. The second kappa shape index (κ2) is 7.85. The molecule has 1 aliphatic heterocycles. The molecule has 27 heavy (non-hydrogen) atoms. The number of hydrogen-bond donors (Lipinski definition) is 0. The summed E-state index contributed by atoms with van der Waals surface area (Å²) in [7, 11) is -3.64. The van der Waals surface area contributed by atoms with Gasteiger partial charge in [0.05, 0.1) is 5.56 Å². The Bertz CT molecular complexity index is 938. The van der Waals surface area contributed by atoms with Gasteiger partial charge in [-0.25, -0.2) is 8.42 Å². The minimum absolute atomic E-state index is 0.130. The maximum atomic E-state index is 12.8. The fraction of sp³-hybridized carbons (Fsp3) is 0.278. The van der Waals surface area contributed by atoms with Crippen molar-refractivity contribution in [3.63, 3.8) is 0 Å². The Kier molecular flexibility index (Phi) is 5.52. The molecule has 1 fully saturated rings. The largest absolute Gasteiger partial charge is 0.426 e. The van der Waals surface area contributed by atoms with Crippen molar-refractivity contribution >= 4 is 21.9 Å². The quantitative estimate of drug-likeness (QED) is 0.575. The van der Waals surface area contributed by atoms with Crippen LogP contribution in [-0.4, -0.2) is 60.7 Å².